The number of likely N-dealkylation sites (tertiary alicyclic amines) is 1. The Morgan fingerprint density at radius 2 is 1.92 bits per heavy atom. The number of nitrogens with zero attached hydrogens (tertiary/aromatic N) is 4. The largest absolute Gasteiger partial charge is 0.444 e. The van der Waals surface area contributed by atoms with Crippen molar-refractivity contribution in [1.29, 1.82) is 0 Å². The molecule has 3 aromatic rings. The molecule has 0 radical (unpaired) electrons. The molecule has 1 saturated heterocycles. The van der Waals surface area contributed by atoms with Crippen molar-refractivity contribution in [3.05, 3.63) is 53.3 Å². The van der Waals surface area contributed by atoms with Crippen molar-refractivity contribution in [1.82, 2.24) is 19.9 Å². The highest BCUT2D eigenvalue weighted by atomic mass is 32.1. The fourth-order valence-electron chi connectivity index (χ4n) is 3.78. The third-order valence-electron chi connectivity index (χ3n) is 5.30. The summed E-state index contributed by atoms with van der Waals surface area (Å²) >= 11 is 1.24. The first-order valence-electron chi connectivity index (χ1n) is 11.8. The van der Waals surface area contributed by atoms with Crippen LogP contribution in [0.15, 0.2) is 42.9 Å². The lowest BCUT2D eigenvalue weighted by Gasteiger charge is -2.34. The smallest absolute Gasteiger partial charge is 0.410 e. The molecule has 0 bridgehead atoms. The van der Waals surface area contributed by atoms with Gasteiger partial charge < -0.3 is 25.6 Å². The van der Waals surface area contributed by atoms with Gasteiger partial charge in [-0.3, -0.25) is 9.78 Å². The van der Waals surface area contributed by atoms with Gasteiger partial charge in [0.2, 0.25) is 0 Å². The van der Waals surface area contributed by atoms with E-state index in [2.05, 4.69) is 30.9 Å². The maximum absolute atomic E-state index is 12.5. The number of hydrogen-bond donors (Lipinski definition) is 3. The SMILES string of the molecule is Cc1cc(Nc2ncc(C(=O)Nc3ccncc3)s2)nc(N[C@H]2CCCN(C(=O)OC(C)(C)C)C2)c1. The molecule has 3 N–H and O–H groups in total. The second kappa shape index (κ2) is 10.9. The Labute approximate surface area is 214 Å². The van der Waals surface area contributed by atoms with Gasteiger partial charge in [0, 0.05) is 37.2 Å². The van der Waals surface area contributed by atoms with Crippen LogP contribution >= 0.6 is 11.3 Å². The third-order valence-corrected chi connectivity index (χ3v) is 6.21. The van der Waals surface area contributed by atoms with Crippen LogP contribution in [0.1, 0.15) is 48.8 Å². The van der Waals surface area contributed by atoms with Gasteiger partial charge in [-0.25, -0.2) is 14.8 Å². The van der Waals surface area contributed by atoms with Gasteiger partial charge in [0.05, 0.1) is 6.20 Å². The molecule has 4 heterocycles. The number of nitrogens with one attached hydrogen (secondary N) is 3. The van der Waals surface area contributed by atoms with E-state index >= 15 is 0 Å². The molecule has 11 heteroatoms. The third kappa shape index (κ3) is 7.14. The highest BCUT2D eigenvalue weighted by Gasteiger charge is 2.27. The summed E-state index contributed by atoms with van der Waals surface area (Å²) in [6.45, 7) is 8.83. The first-order valence-corrected chi connectivity index (χ1v) is 12.6. The standard InChI is InChI=1S/C25H31N7O3S/c1-16-12-20(28-18-6-5-11-32(15-18)24(34)35-25(2,3)4)30-21(13-16)31-23-27-14-19(36-23)22(33)29-17-7-9-26-10-8-17/h7-10,12-14,18H,5-6,11,15H2,1-4H3,(H,26,29,33)(H2,27,28,30,31)/t18-/m0/s1. The molecule has 0 unspecified atom stereocenters. The van der Waals surface area contributed by atoms with Crippen molar-refractivity contribution in [2.75, 3.05) is 29.0 Å². The number of pyridine rings is 2. The topological polar surface area (TPSA) is 121 Å². The molecule has 2 amide bonds. The number of amides is 2. The molecule has 1 atom stereocenters. The van der Waals surface area contributed by atoms with Gasteiger partial charge in [-0.2, -0.15) is 0 Å². The number of carbonyl (C=O) groups is 2. The molecule has 10 nitrogen and oxygen atoms in total. The first-order chi connectivity index (χ1) is 17.1. The minimum atomic E-state index is -0.522. The lowest BCUT2D eigenvalue weighted by molar-refractivity contribution is 0.0206. The van der Waals surface area contributed by atoms with Crippen LogP contribution in [0.5, 0.6) is 0 Å². The van der Waals surface area contributed by atoms with Crippen LogP contribution in [0.2, 0.25) is 0 Å². The number of carbonyl (C=O) groups excluding carboxylic acids is 2. The molecule has 0 aromatic carbocycles. The molecule has 0 aliphatic carbocycles. The van der Waals surface area contributed by atoms with Crippen LogP contribution in [0.25, 0.3) is 0 Å². The zero-order valence-corrected chi connectivity index (χ0v) is 21.7. The van der Waals surface area contributed by atoms with Crippen molar-refractivity contribution in [3.8, 4) is 0 Å². The Kier molecular flexibility index (Phi) is 7.68. The van der Waals surface area contributed by atoms with E-state index in [9.17, 15) is 9.59 Å². The Morgan fingerprint density at radius 1 is 1.17 bits per heavy atom. The van der Waals surface area contributed by atoms with Crippen LogP contribution in [0.4, 0.5) is 27.2 Å². The van der Waals surface area contributed by atoms with Crippen LogP contribution in [-0.2, 0) is 4.74 Å². The molecule has 1 fully saturated rings. The number of anilines is 4. The molecule has 4 rings (SSSR count). The summed E-state index contributed by atoms with van der Waals surface area (Å²) < 4.78 is 5.53. The van der Waals surface area contributed by atoms with E-state index in [1.165, 1.54) is 17.5 Å². The Morgan fingerprint density at radius 3 is 2.67 bits per heavy atom. The maximum atomic E-state index is 12.5. The second-order valence-electron chi connectivity index (χ2n) is 9.67. The minimum absolute atomic E-state index is 0.0665. The van der Waals surface area contributed by atoms with Gasteiger partial charge in [0.1, 0.15) is 22.1 Å². The number of piperidine rings is 1. The molecular formula is C25H31N7O3S. The van der Waals surface area contributed by atoms with Crippen LogP contribution in [0.3, 0.4) is 0 Å². The summed E-state index contributed by atoms with van der Waals surface area (Å²) in [6, 6.07) is 7.39. The normalized spacial score (nSPS) is 15.8. The highest BCUT2D eigenvalue weighted by molar-refractivity contribution is 7.17. The summed E-state index contributed by atoms with van der Waals surface area (Å²) in [5.41, 5.74) is 1.16. The van der Waals surface area contributed by atoms with Crippen LogP contribution in [0, 0.1) is 6.92 Å². The highest BCUT2D eigenvalue weighted by Crippen LogP contribution is 2.25. The zero-order chi connectivity index (χ0) is 25.7. The summed E-state index contributed by atoms with van der Waals surface area (Å²) in [5.74, 6) is 1.09. The predicted molar refractivity (Wildman–Crippen MR) is 141 cm³/mol. The number of ether oxygens (including phenoxy) is 1. The summed E-state index contributed by atoms with van der Waals surface area (Å²) in [7, 11) is 0. The molecule has 190 valence electrons. The van der Waals surface area contributed by atoms with Crippen molar-refractivity contribution in [3.63, 3.8) is 0 Å². The van der Waals surface area contributed by atoms with E-state index in [1.54, 1.807) is 29.4 Å². The molecule has 0 saturated carbocycles. The number of hydrogen-bond acceptors (Lipinski definition) is 9. The molecule has 3 aromatic heterocycles. The van der Waals surface area contributed by atoms with Crippen LogP contribution < -0.4 is 16.0 Å². The van der Waals surface area contributed by atoms with Gasteiger partial charge in [-0.15, -0.1) is 0 Å². The van der Waals surface area contributed by atoms with Gasteiger partial charge in [-0.05, 0) is 70.4 Å². The van der Waals surface area contributed by atoms with E-state index in [0.29, 0.717) is 40.4 Å². The molecule has 1 aliphatic rings. The van der Waals surface area contributed by atoms with E-state index < -0.39 is 5.60 Å². The summed E-state index contributed by atoms with van der Waals surface area (Å²) in [6.07, 6.45) is 6.30. The number of rotatable bonds is 6. The average molecular weight is 510 g/mol. The fraction of sp³-hybridized carbons (Fsp3) is 0.400. The lowest BCUT2D eigenvalue weighted by atomic mass is 10.1. The Bertz CT molecular complexity index is 1210. The van der Waals surface area contributed by atoms with E-state index in [4.69, 9.17) is 4.74 Å². The van der Waals surface area contributed by atoms with Crippen molar-refractivity contribution < 1.29 is 14.3 Å². The Balaban J connectivity index is 1.38. The van der Waals surface area contributed by atoms with Gasteiger partial charge >= 0.3 is 6.09 Å². The monoisotopic (exact) mass is 509 g/mol. The van der Waals surface area contributed by atoms with E-state index in [0.717, 1.165) is 18.4 Å². The predicted octanol–water partition coefficient (Wildman–Crippen LogP) is 5.05. The van der Waals surface area contributed by atoms with Crippen molar-refractivity contribution in [2.45, 2.75) is 52.2 Å². The van der Waals surface area contributed by atoms with Gasteiger partial charge in [0.25, 0.3) is 5.91 Å². The molecule has 1 aliphatic heterocycles. The molecule has 0 spiro atoms. The summed E-state index contributed by atoms with van der Waals surface area (Å²) in [5, 5.41) is 10.0. The number of aromatic nitrogens is 3. The average Bonchev–Trinajstić information content (AvgIpc) is 3.27. The zero-order valence-electron chi connectivity index (χ0n) is 20.9. The quantitative estimate of drug-likeness (QED) is 0.422. The summed E-state index contributed by atoms with van der Waals surface area (Å²) in [4.78, 5) is 40.2. The maximum Gasteiger partial charge on any atom is 0.410 e. The fourth-order valence-corrected chi connectivity index (χ4v) is 4.49. The lowest BCUT2D eigenvalue weighted by Crippen LogP contribution is -2.47. The minimum Gasteiger partial charge on any atom is -0.444 e. The van der Waals surface area contributed by atoms with Gasteiger partial charge in [-0.1, -0.05) is 11.3 Å². The van der Waals surface area contributed by atoms with Gasteiger partial charge in [0.15, 0.2) is 5.13 Å². The molecule has 36 heavy (non-hydrogen) atoms. The van der Waals surface area contributed by atoms with Crippen molar-refractivity contribution >= 4 is 45.8 Å². The molecular weight excluding hydrogens is 478 g/mol. The number of thiazole rings is 1. The second-order valence-corrected chi connectivity index (χ2v) is 10.7. The number of aryl methyl sites for hydroxylation is 1. The van der Waals surface area contributed by atoms with Crippen molar-refractivity contribution in [2.24, 2.45) is 0 Å². The van der Waals surface area contributed by atoms with Crippen LogP contribution in [-0.4, -0.2) is 56.6 Å². The Hall–Kier alpha value is -3.73. The first kappa shape index (κ1) is 25.4. The van der Waals surface area contributed by atoms with E-state index in [-0.39, 0.29) is 18.0 Å². The van der Waals surface area contributed by atoms with E-state index in [1.807, 2.05) is 39.8 Å².